The normalized spacial score (nSPS) is 11.9. The summed E-state index contributed by atoms with van der Waals surface area (Å²) < 4.78 is 0. The molecule has 0 fully saturated rings. The summed E-state index contributed by atoms with van der Waals surface area (Å²) in [5.41, 5.74) is 0. The third-order valence-electron chi connectivity index (χ3n) is 3.62. The van der Waals surface area contributed by atoms with Crippen LogP contribution in [0.15, 0.2) is 0 Å². The molecule has 0 amide bonds. The fraction of sp³-hybridized carbons (Fsp3) is 0.938. The average molecular weight is 267 g/mol. The van der Waals surface area contributed by atoms with Crippen LogP contribution in [0.2, 0.25) is 0 Å². The highest BCUT2D eigenvalue weighted by Crippen LogP contribution is 2.21. The molecule has 0 aliphatic carbocycles. The number of hydrogen-bond acceptors (Lipinski definition) is 1. The van der Waals surface area contributed by atoms with E-state index < -0.39 is 0 Å². The summed E-state index contributed by atoms with van der Waals surface area (Å²) in [6, 6.07) is 0. The van der Waals surface area contributed by atoms with E-state index in [1.54, 1.807) is 0 Å². The van der Waals surface area contributed by atoms with Crippen LogP contribution in [0.5, 0.6) is 0 Å². The van der Waals surface area contributed by atoms with Crippen molar-refractivity contribution >= 4 is 29.3 Å². The van der Waals surface area contributed by atoms with E-state index in [9.17, 15) is 4.79 Å². The van der Waals surface area contributed by atoms with Crippen LogP contribution in [0, 0.1) is 5.92 Å². The van der Waals surface area contributed by atoms with Crippen molar-refractivity contribution in [3.8, 4) is 0 Å². The second kappa shape index (κ2) is 17.4. The van der Waals surface area contributed by atoms with E-state index in [0.29, 0.717) is 0 Å². The molecule has 18 heavy (non-hydrogen) atoms. The highest BCUT2D eigenvalue weighted by atomic mass is 24.3. The Morgan fingerprint density at radius 1 is 0.778 bits per heavy atom. The molecule has 0 bridgehead atoms. The van der Waals surface area contributed by atoms with Gasteiger partial charge < -0.3 is 4.79 Å². The molecule has 106 valence electrons. The standard InChI is InChI=1S/C16H32O.Mg.2H/c1-3-5-7-8-9-10-13-16(12-6-4-2)14-11-15-17;;;/h15-16H,3-14H2,1-2H3;;;. The largest absolute Gasteiger partial charge is 0.316 e. The fourth-order valence-electron chi connectivity index (χ4n) is 2.44. The summed E-state index contributed by atoms with van der Waals surface area (Å²) in [4.78, 5) is 10.4. The van der Waals surface area contributed by atoms with Crippen molar-refractivity contribution in [2.75, 3.05) is 0 Å². The molecular formula is C16H34MgO. The maximum atomic E-state index is 10.4. The minimum Gasteiger partial charge on any atom is -0.303 e. The third kappa shape index (κ3) is 14.5. The summed E-state index contributed by atoms with van der Waals surface area (Å²) in [6.45, 7) is 4.52. The molecule has 0 N–H and O–H groups in total. The van der Waals surface area contributed by atoms with Gasteiger partial charge in [-0.3, -0.25) is 0 Å². The molecule has 0 heterocycles. The second-order valence-electron chi connectivity index (χ2n) is 5.31. The minimum atomic E-state index is 0. The lowest BCUT2D eigenvalue weighted by Crippen LogP contribution is -2.01. The van der Waals surface area contributed by atoms with Crippen LogP contribution in [0.1, 0.15) is 90.9 Å². The fourth-order valence-corrected chi connectivity index (χ4v) is 2.44. The van der Waals surface area contributed by atoms with E-state index in [1.807, 2.05) is 0 Å². The van der Waals surface area contributed by atoms with E-state index in [0.717, 1.165) is 25.0 Å². The number of hydrogen-bond donors (Lipinski definition) is 0. The van der Waals surface area contributed by atoms with Crippen molar-refractivity contribution in [3.63, 3.8) is 0 Å². The van der Waals surface area contributed by atoms with Crippen LogP contribution in [-0.4, -0.2) is 29.3 Å². The zero-order chi connectivity index (χ0) is 12.8. The Bertz CT molecular complexity index is 159. The molecule has 1 atom stereocenters. The lowest BCUT2D eigenvalue weighted by Gasteiger charge is -2.15. The van der Waals surface area contributed by atoms with Crippen molar-refractivity contribution in [1.82, 2.24) is 0 Å². The van der Waals surface area contributed by atoms with Crippen LogP contribution in [-0.2, 0) is 4.79 Å². The first-order valence-electron chi connectivity index (χ1n) is 7.78. The summed E-state index contributed by atoms with van der Waals surface area (Å²) in [6.07, 6.45) is 16.6. The van der Waals surface area contributed by atoms with Gasteiger partial charge in [-0.2, -0.15) is 0 Å². The zero-order valence-electron chi connectivity index (χ0n) is 12.0. The van der Waals surface area contributed by atoms with Crippen LogP contribution >= 0.6 is 0 Å². The lowest BCUT2D eigenvalue weighted by molar-refractivity contribution is -0.108. The quantitative estimate of drug-likeness (QED) is 0.270. The van der Waals surface area contributed by atoms with Gasteiger partial charge in [-0.15, -0.1) is 0 Å². The maximum Gasteiger partial charge on any atom is 0.316 e. The van der Waals surface area contributed by atoms with Crippen molar-refractivity contribution < 1.29 is 4.79 Å². The Hall–Kier alpha value is 0.436. The Morgan fingerprint density at radius 3 is 1.94 bits per heavy atom. The molecule has 0 aliphatic heterocycles. The molecule has 1 nitrogen and oxygen atoms in total. The van der Waals surface area contributed by atoms with Gasteiger partial charge in [-0.25, -0.2) is 0 Å². The lowest BCUT2D eigenvalue weighted by atomic mass is 9.91. The van der Waals surface area contributed by atoms with Crippen LogP contribution in [0.3, 0.4) is 0 Å². The predicted molar refractivity (Wildman–Crippen MR) is 84.9 cm³/mol. The van der Waals surface area contributed by atoms with Gasteiger partial charge in [0.25, 0.3) is 0 Å². The van der Waals surface area contributed by atoms with Gasteiger partial charge in [0.15, 0.2) is 0 Å². The van der Waals surface area contributed by atoms with Crippen molar-refractivity contribution in [1.29, 1.82) is 0 Å². The third-order valence-corrected chi connectivity index (χ3v) is 3.62. The average Bonchev–Trinajstić information content (AvgIpc) is 2.35. The summed E-state index contributed by atoms with van der Waals surface area (Å²) >= 11 is 0. The van der Waals surface area contributed by atoms with Crippen molar-refractivity contribution in [3.05, 3.63) is 0 Å². The number of rotatable bonds is 13. The number of aldehydes is 1. The SMILES string of the molecule is CCCCCCCCC(CCC=O)CCCC.[MgH2]. The highest BCUT2D eigenvalue weighted by Gasteiger charge is 2.07. The van der Waals surface area contributed by atoms with Gasteiger partial charge in [0.1, 0.15) is 6.29 Å². The molecule has 0 aromatic heterocycles. The first-order chi connectivity index (χ1) is 8.35. The van der Waals surface area contributed by atoms with Gasteiger partial charge >= 0.3 is 23.1 Å². The first kappa shape index (κ1) is 20.7. The maximum absolute atomic E-state index is 10.4. The summed E-state index contributed by atoms with van der Waals surface area (Å²) in [5, 5.41) is 0. The smallest absolute Gasteiger partial charge is 0.303 e. The van der Waals surface area contributed by atoms with Crippen LogP contribution in [0.25, 0.3) is 0 Å². The summed E-state index contributed by atoms with van der Waals surface area (Å²) in [7, 11) is 0. The Labute approximate surface area is 131 Å². The molecule has 0 rings (SSSR count). The summed E-state index contributed by atoms with van der Waals surface area (Å²) in [5.74, 6) is 0.811. The molecule has 0 spiro atoms. The minimum absolute atomic E-state index is 0. The first-order valence-corrected chi connectivity index (χ1v) is 7.78. The molecule has 0 aromatic rings. The van der Waals surface area contributed by atoms with Crippen LogP contribution < -0.4 is 0 Å². The van der Waals surface area contributed by atoms with Crippen molar-refractivity contribution in [2.45, 2.75) is 90.9 Å². The zero-order valence-corrected chi connectivity index (χ0v) is 12.0. The van der Waals surface area contributed by atoms with E-state index in [-0.39, 0.29) is 23.1 Å². The number of carbonyl (C=O) groups is 1. The number of carbonyl (C=O) groups excluding carboxylic acids is 1. The molecule has 0 aliphatic rings. The molecule has 0 aromatic carbocycles. The van der Waals surface area contributed by atoms with Crippen molar-refractivity contribution in [2.24, 2.45) is 5.92 Å². The van der Waals surface area contributed by atoms with E-state index in [4.69, 9.17) is 0 Å². The molecule has 0 saturated heterocycles. The molecule has 0 saturated carbocycles. The van der Waals surface area contributed by atoms with Gasteiger partial charge in [-0.05, 0) is 12.3 Å². The topological polar surface area (TPSA) is 17.1 Å². The van der Waals surface area contributed by atoms with Gasteiger partial charge in [0.2, 0.25) is 0 Å². The van der Waals surface area contributed by atoms with E-state index >= 15 is 0 Å². The monoisotopic (exact) mass is 266 g/mol. The van der Waals surface area contributed by atoms with Crippen LogP contribution in [0.4, 0.5) is 0 Å². The Kier molecular flexibility index (Phi) is 20.1. The predicted octanol–water partition coefficient (Wildman–Crippen LogP) is 4.61. The highest BCUT2D eigenvalue weighted by molar-refractivity contribution is 5.75. The molecule has 1 unspecified atom stereocenters. The Morgan fingerprint density at radius 2 is 1.33 bits per heavy atom. The molecule has 2 heteroatoms. The Balaban J connectivity index is 0. The van der Waals surface area contributed by atoms with Gasteiger partial charge in [0, 0.05) is 6.42 Å². The van der Waals surface area contributed by atoms with Gasteiger partial charge in [0.05, 0.1) is 0 Å². The second-order valence-corrected chi connectivity index (χ2v) is 5.31. The molecular weight excluding hydrogens is 232 g/mol. The molecule has 0 radical (unpaired) electrons. The van der Waals surface area contributed by atoms with E-state index in [1.165, 1.54) is 64.2 Å². The van der Waals surface area contributed by atoms with E-state index in [2.05, 4.69) is 13.8 Å². The van der Waals surface area contributed by atoms with Gasteiger partial charge in [-0.1, -0.05) is 78.1 Å². The number of unbranched alkanes of at least 4 members (excludes halogenated alkanes) is 6.